The number of hydrogen-bond acceptors (Lipinski definition) is 5. The lowest BCUT2D eigenvalue weighted by Gasteiger charge is -2.29. The van der Waals surface area contributed by atoms with Crippen molar-refractivity contribution in [3.8, 4) is 11.5 Å². The summed E-state index contributed by atoms with van der Waals surface area (Å²) in [4.78, 5) is 14.8. The number of amides is 1. The predicted octanol–water partition coefficient (Wildman–Crippen LogP) is 3.31. The van der Waals surface area contributed by atoms with Crippen LogP contribution in [0.3, 0.4) is 0 Å². The van der Waals surface area contributed by atoms with E-state index in [0.717, 1.165) is 42.2 Å². The molecule has 2 aliphatic heterocycles. The van der Waals surface area contributed by atoms with Crippen LogP contribution in [-0.4, -0.2) is 45.4 Å². The van der Waals surface area contributed by atoms with Crippen LogP contribution in [0.4, 0.5) is 11.4 Å². The van der Waals surface area contributed by atoms with Crippen molar-refractivity contribution in [3.05, 3.63) is 46.4 Å². The maximum Gasteiger partial charge on any atom is 0.255 e. The van der Waals surface area contributed by atoms with Gasteiger partial charge >= 0.3 is 0 Å². The number of anilines is 2. The molecular formula is C19H19BrN2O4. The van der Waals surface area contributed by atoms with Gasteiger partial charge in [-0.1, -0.05) is 0 Å². The molecule has 0 bridgehead atoms. The third-order valence-corrected chi connectivity index (χ3v) is 5.00. The number of morpholine rings is 1. The Morgan fingerprint density at radius 1 is 0.962 bits per heavy atom. The molecule has 0 saturated carbocycles. The SMILES string of the molecule is O=C(Nc1ccc(N2CCOCC2)c(Br)c1)c1ccc2c(c1)OCCO2. The fourth-order valence-electron chi connectivity index (χ4n) is 3.03. The van der Waals surface area contributed by atoms with Gasteiger partial charge in [0.1, 0.15) is 13.2 Å². The van der Waals surface area contributed by atoms with Gasteiger partial charge in [0.2, 0.25) is 0 Å². The Morgan fingerprint density at radius 2 is 1.73 bits per heavy atom. The number of carbonyl (C=O) groups excluding carboxylic acids is 1. The first kappa shape index (κ1) is 17.2. The number of ether oxygens (including phenoxy) is 3. The minimum absolute atomic E-state index is 0.187. The van der Waals surface area contributed by atoms with E-state index in [-0.39, 0.29) is 5.91 Å². The second kappa shape index (κ2) is 7.55. The number of hydrogen-bond donors (Lipinski definition) is 1. The molecule has 2 aliphatic rings. The van der Waals surface area contributed by atoms with Gasteiger partial charge in [-0.05, 0) is 52.3 Å². The fourth-order valence-corrected chi connectivity index (χ4v) is 3.66. The lowest BCUT2D eigenvalue weighted by molar-refractivity contribution is 0.102. The van der Waals surface area contributed by atoms with E-state index in [1.807, 2.05) is 18.2 Å². The third kappa shape index (κ3) is 3.64. The Bertz CT molecular complexity index is 821. The van der Waals surface area contributed by atoms with E-state index in [4.69, 9.17) is 14.2 Å². The number of nitrogens with zero attached hydrogens (tertiary/aromatic N) is 1. The topological polar surface area (TPSA) is 60.0 Å². The number of nitrogens with one attached hydrogen (secondary N) is 1. The quantitative estimate of drug-likeness (QED) is 0.828. The Hall–Kier alpha value is -2.25. The Labute approximate surface area is 160 Å². The smallest absolute Gasteiger partial charge is 0.255 e. The standard InChI is InChI=1S/C19H19BrN2O4/c20-15-12-14(2-3-16(15)22-5-7-24-8-6-22)21-19(23)13-1-4-17-18(11-13)26-10-9-25-17/h1-4,11-12H,5-10H2,(H,21,23). The van der Waals surface area contributed by atoms with Gasteiger partial charge in [-0.15, -0.1) is 0 Å². The van der Waals surface area contributed by atoms with Crippen molar-refractivity contribution in [2.75, 3.05) is 49.7 Å². The van der Waals surface area contributed by atoms with Gasteiger partial charge in [0, 0.05) is 28.8 Å². The van der Waals surface area contributed by atoms with Gasteiger partial charge in [-0.25, -0.2) is 0 Å². The van der Waals surface area contributed by atoms with Crippen molar-refractivity contribution in [3.63, 3.8) is 0 Å². The molecule has 0 aromatic heterocycles. The van der Waals surface area contributed by atoms with Crippen LogP contribution >= 0.6 is 15.9 Å². The number of rotatable bonds is 3. The van der Waals surface area contributed by atoms with Crippen LogP contribution in [0.1, 0.15) is 10.4 Å². The molecule has 1 N–H and O–H groups in total. The molecule has 1 saturated heterocycles. The van der Waals surface area contributed by atoms with Gasteiger partial charge in [0.05, 0.1) is 18.9 Å². The second-order valence-corrected chi connectivity index (χ2v) is 6.93. The van der Waals surface area contributed by atoms with Crippen LogP contribution in [-0.2, 0) is 4.74 Å². The van der Waals surface area contributed by atoms with E-state index in [1.165, 1.54) is 0 Å². The molecule has 2 aromatic rings. The molecule has 7 heteroatoms. The predicted molar refractivity (Wildman–Crippen MR) is 103 cm³/mol. The fraction of sp³-hybridized carbons (Fsp3) is 0.316. The molecule has 0 radical (unpaired) electrons. The average molecular weight is 419 g/mol. The summed E-state index contributed by atoms with van der Waals surface area (Å²) in [6.45, 7) is 4.21. The van der Waals surface area contributed by atoms with E-state index in [2.05, 4.69) is 26.1 Å². The molecule has 4 rings (SSSR count). The summed E-state index contributed by atoms with van der Waals surface area (Å²) < 4.78 is 17.4. The van der Waals surface area contributed by atoms with E-state index in [1.54, 1.807) is 18.2 Å². The number of fused-ring (bicyclic) bond motifs is 1. The van der Waals surface area contributed by atoms with Gasteiger partial charge in [0.25, 0.3) is 5.91 Å². The lowest BCUT2D eigenvalue weighted by Crippen LogP contribution is -2.36. The van der Waals surface area contributed by atoms with Crippen molar-refractivity contribution in [1.29, 1.82) is 0 Å². The molecule has 2 aromatic carbocycles. The largest absolute Gasteiger partial charge is 0.486 e. The molecule has 1 amide bonds. The number of benzene rings is 2. The molecule has 0 atom stereocenters. The van der Waals surface area contributed by atoms with E-state index < -0.39 is 0 Å². The van der Waals surface area contributed by atoms with Crippen LogP contribution in [0, 0.1) is 0 Å². The minimum atomic E-state index is -0.187. The molecule has 0 unspecified atom stereocenters. The van der Waals surface area contributed by atoms with Crippen molar-refractivity contribution < 1.29 is 19.0 Å². The molecule has 0 aliphatic carbocycles. The Kier molecular flexibility index (Phi) is 4.99. The zero-order valence-corrected chi connectivity index (χ0v) is 15.8. The minimum Gasteiger partial charge on any atom is -0.486 e. The highest BCUT2D eigenvalue weighted by Gasteiger charge is 2.17. The molecule has 26 heavy (non-hydrogen) atoms. The van der Waals surface area contributed by atoms with E-state index in [0.29, 0.717) is 30.3 Å². The van der Waals surface area contributed by atoms with Crippen molar-refractivity contribution in [2.24, 2.45) is 0 Å². The van der Waals surface area contributed by atoms with Crippen LogP contribution in [0.5, 0.6) is 11.5 Å². The molecule has 2 heterocycles. The summed E-state index contributed by atoms with van der Waals surface area (Å²) in [6.07, 6.45) is 0. The van der Waals surface area contributed by atoms with Crippen LogP contribution < -0.4 is 19.7 Å². The summed E-state index contributed by atoms with van der Waals surface area (Å²) in [5.41, 5.74) is 2.36. The van der Waals surface area contributed by atoms with Crippen molar-refractivity contribution in [1.82, 2.24) is 0 Å². The first-order valence-corrected chi connectivity index (χ1v) is 9.33. The summed E-state index contributed by atoms with van der Waals surface area (Å²) in [5, 5.41) is 2.93. The highest BCUT2D eigenvalue weighted by Crippen LogP contribution is 2.32. The normalized spacial score (nSPS) is 16.3. The van der Waals surface area contributed by atoms with Gasteiger partial charge in [-0.2, -0.15) is 0 Å². The molecule has 136 valence electrons. The summed E-state index contributed by atoms with van der Waals surface area (Å²) >= 11 is 3.61. The average Bonchev–Trinajstić information content (AvgIpc) is 2.68. The van der Waals surface area contributed by atoms with Gasteiger partial charge in [0.15, 0.2) is 11.5 Å². The van der Waals surface area contributed by atoms with Gasteiger partial charge < -0.3 is 24.4 Å². The lowest BCUT2D eigenvalue weighted by atomic mass is 10.1. The van der Waals surface area contributed by atoms with E-state index in [9.17, 15) is 4.79 Å². The maximum atomic E-state index is 12.5. The molecule has 0 spiro atoms. The highest BCUT2D eigenvalue weighted by atomic mass is 79.9. The van der Waals surface area contributed by atoms with Crippen LogP contribution in [0.2, 0.25) is 0 Å². The van der Waals surface area contributed by atoms with Gasteiger partial charge in [-0.3, -0.25) is 4.79 Å². The zero-order chi connectivity index (χ0) is 17.9. The first-order valence-electron chi connectivity index (χ1n) is 8.54. The monoisotopic (exact) mass is 418 g/mol. The molecule has 6 nitrogen and oxygen atoms in total. The highest BCUT2D eigenvalue weighted by molar-refractivity contribution is 9.10. The third-order valence-electron chi connectivity index (χ3n) is 4.36. The summed E-state index contributed by atoms with van der Waals surface area (Å²) in [5.74, 6) is 1.09. The first-order chi connectivity index (χ1) is 12.7. The Balaban J connectivity index is 1.48. The van der Waals surface area contributed by atoms with E-state index >= 15 is 0 Å². The summed E-state index contributed by atoms with van der Waals surface area (Å²) in [7, 11) is 0. The maximum absolute atomic E-state index is 12.5. The van der Waals surface area contributed by atoms with Crippen molar-refractivity contribution in [2.45, 2.75) is 0 Å². The number of halogens is 1. The summed E-state index contributed by atoms with van der Waals surface area (Å²) in [6, 6.07) is 11.0. The second-order valence-electron chi connectivity index (χ2n) is 6.08. The van der Waals surface area contributed by atoms with Crippen molar-refractivity contribution >= 4 is 33.2 Å². The Morgan fingerprint density at radius 3 is 2.50 bits per heavy atom. The van der Waals surface area contributed by atoms with Crippen LogP contribution in [0.25, 0.3) is 0 Å². The van der Waals surface area contributed by atoms with Crippen LogP contribution in [0.15, 0.2) is 40.9 Å². The zero-order valence-electron chi connectivity index (χ0n) is 14.2. The molecule has 1 fully saturated rings. The molecular weight excluding hydrogens is 400 g/mol. The number of carbonyl (C=O) groups is 1.